The van der Waals surface area contributed by atoms with Crippen molar-refractivity contribution in [3.8, 4) is 0 Å². The summed E-state index contributed by atoms with van der Waals surface area (Å²) >= 11 is 0. The van der Waals surface area contributed by atoms with Gasteiger partial charge in [-0.3, -0.25) is 4.79 Å². The van der Waals surface area contributed by atoms with Crippen LogP contribution in [0.2, 0.25) is 0 Å². The van der Waals surface area contributed by atoms with Gasteiger partial charge in [0.1, 0.15) is 0 Å². The molecule has 0 bridgehead atoms. The molecular formula is C12H15NO2. The maximum Gasteiger partial charge on any atom is 0.228 e. The summed E-state index contributed by atoms with van der Waals surface area (Å²) in [5.74, 6) is -0.219. The number of likely N-dealkylation sites (tertiary alicyclic amines) is 1. The van der Waals surface area contributed by atoms with Crippen molar-refractivity contribution in [3.05, 3.63) is 35.9 Å². The van der Waals surface area contributed by atoms with Crippen LogP contribution in [0, 0.1) is 5.92 Å². The summed E-state index contributed by atoms with van der Waals surface area (Å²) in [5.41, 5.74) is 0.825. The fraction of sp³-hybridized carbons (Fsp3) is 0.417. The van der Waals surface area contributed by atoms with E-state index in [1.807, 2.05) is 30.3 Å². The minimum Gasteiger partial charge on any atom is -0.388 e. The number of rotatable bonds is 2. The Bertz CT molecular complexity index is 350. The van der Waals surface area contributed by atoms with Crippen molar-refractivity contribution in [2.24, 2.45) is 5.92 Å². The van der Waals surface area contributed by atoms with Gasteiger partial charge in [0.2, 0.25) is 5.91 Å². The molecule has 1 aliphatic rings. The standard InChI is InChI=1S/C12H15NO2/c1-13-8-7-10(12(13)15)11(14)9-5-3-2-4-6-9/h2-6,10-11,14H,7-8H2,1H3. The quantitative estimate of drug-likeness (QED) is 0.788. The van der Waals surface area contributed by atoms with Crippen LogP contribution in [-0.2, 0) is 4.79 Å². The molecule has 15 heavy (non-hydrogen) atoms. The zero-order valence-electron chi connectivity index (χ0n) is 8.76. The highest BCUT2D eigenvalue weighted by Crippen LogP contribution is 2.30. The second-order valence-electron chi connectivity index (χ2n) is 4.01. The van der Waals surface area contributed by atoms with Gasteiger partial charge in [-0.2, -0.15) is 0 Å². The van der Waals surface area contributed by atoms with Crippen molar-refractivity contribution in [2.45, 2.75) is 12.5 Å². The fourth-order valence-electron chi connectivity index (χ4n) is 2.02. The highest BCUT2D eigenvalue weighted by Gasteiger charge is 2.35. The lowest BCUT2D eigenvalue weighted by atomic mass is 9.94. The summed E-state index contributed by atoms with van der Waals surface area (Å²) in [6.45, 7) is 0.743. The fourth-order valence-corrected chi connectivity index (χ4v) is 2.02. The van der Waals surface area contributed by atoms with Gasteiger partial charge in [0.25, 0.3) is 0 Å². The molecule has 2 rings (SSSR count). The summed E-state index contributed by atoms with van der Waals surface area (Å²) in [6.07, 6.45) is 0.0782. The number of carbonyl (C=O) groups is 1. The van der Waals surface area contributed by atoms with Crippen molar-refractivity contribution < 1.29 is 9.90 Å². The molecule has 0 aliphatic carbocycles. The van der Waals surface area contributed by atoms with E-state index in [4.69, 9.17) is 0 Å². The van der Waals surface area contributed by atoms with Gasteiger partial charge >= 0.3 is 0 Å². The van der Waals surface area contributed by atoms with Gasteiger partial charge in [-0.25, -0.2) is 0 Å². The first-order valence-electron chi connectivity index (χ1n) is 5.18. The first-order chi connectivity index (χ1) is 7.20. The molecule has 0 aromatic heterocycles. The smallest absolute Gasteiger partial charge is 0.228 e. The van der Waals surface area contributed by atoms with Gasteiger partial charge in [-0.05, 0) is 12.0 Å². The van der Waals surface area contributed by atoms with Crippen LogP contribution in [0.25, 0.3) is 0 Å². The lowest BCUT2D eigenvalue weighted by Gasteiger charge is -2.17. The third-order valence-corrected chi connectivity index (χ3v) is 2.99. The average molecular weight is 205 g/mol. The molecule has 1 heterocycles. The number of carbonyl (C=O) groups excluding carboxylic acids is 1. The Balaban J connectivity index is 2.16. The number of aliphatic hydroxyl groups excluding tert-OH is 1. The third-order valence-electron chi connectivity index (χ3n) is 2.99. The van der Waals surface area contributed by atoms with Crippen molar-refractivity contribution in [1.29, 1.82) is 0 Å². The Labute approximate surface area is 89.3 Å². The van der Waals surface area contributed by atoms with Crippen molar-refractivity contribution >= 4 is 5.91 Å². The minimum absolute atomic E-state index is 0.0475. The van der Waals surface area contributed by atoms with Gasteiger partial charge in [-0.15, -0.1) is 0 Å². The first kappa shape index (κ1) is 10.2. The van der Waals surface area contributed by atoms with E-state index in [-0.39, 0.29) is 11.8 Å². The maximum atomic E-state index is 11.7. The molecule has 1 aliphatic heterocycles. The molecule has 3 heteroatoms. The Kier molecular flexibility index (Phi) is 2.73. The zero-order valence-corrected chi connectivity index (χ0v) is 8.76. The minimum atomic E-state index is -0.663. The Morgan fingerprint density at radius 3 is 2.60 bits per heavy atom. The second kappa shape index (κ2) is 4.03. The molecule has 1 N–H and O–H groups in total. The molecule has 1 aromatic rings. The summed E-state index contributed by atoms with van der Waals surface area (Å²) in [6, 6.07) is 9.37. The largest absolute Gasteiger partial charge is 0.388 e. The van der Waals surface area contributed by atoms with Gasteiger partial charge in [0, 0.05) is 13.6 Å². The van der Waals surface area contributed by atoms with E-state index in [1.165, 1.54) is 0 Å². The van der Waals surface area contributed by atoms with E-state index in [9.17, 15) is 9.90 Å². The third kappa shape index (κ3) is 1.88. The molecular weight excluding hydrogens is 190 g/mol. The summed E-state index contributed by atoms with van der Waals surface area (Å²) < 4.78 is 0. The van der Waals surface area contributed by atoms with E-state index < -0.39 is 6.10 Å². The SMILES string of the molecule is CN1CCC(C(O)c2ccccc2)C1=O. The Hall–Kier alpha value is -1.35. The number of amides is 1. The van der Waals surface area contributed by atoms with E-state index in [2.05, 4.69) is 0 Å². The van der Waals surface area contributed by atoms with Crippen LogP contribution in [0.3, 0.4) is 0 Å². The molecule has 3 nitrogen and oxygen atoms in total. The van der Waals surface area contributed by atoms with Gasteiger partial charge < -0.3 is 10.0 Å². The Morgan fingerprint density at radius 1 is 1.40 bits per heavy atom. The van der Waals surface area contributed by atoms with Crippen molar-refractivity contribution in [2.75, 3.05) is 13.6 Å². The summed E-state index contributed by atoms with van der Waals surface area (Å²) in [5, 5.41) is 10.1. The molecule has 0 spiro atoms. The zero-order chi connectivity index (χ0) is 10.8. The summed E-state index contributed by atoms with van der Waals surface area (Å²) in [4.78, 5) is 13.4. The average Bonchev–Trinajstić information content (AvgIpc) is 2.60. The monoisotopic (exact) mass is 205 g/mol. The van der Waals surface area contributed by atoms with Crippen LogP contribution in [0.15, 0.2) is 30.3 Å². The maximum absolute atomic E-state index is 11.7. The van der Waals surface area contributed by atoms with Crippen LogP contribution < -0.4 is 0 Å². The topological polar surface area (TPSA) is 40.5 Å². The number of aliphatic hydroxyl groups is 1. The lowest BCUT2D eigenvalue weighted by Crippen LogP contribution is -2.26. The number of hydrogen-bond donors (Lipinski definition) is 1. The number of nitrogens with zero attached hydrogens (tertiary/aromatic N) is 1. The van der Waals surface area contributed by atoms with Crippen LogP contribution in [0.4, 0.5) is 0 Å². The second-order valence-corrected chi connectivity index (χ2v) is 4.01. The lowest BCUT2D eigenvalue weighted by molar-refractivity contribution is -0.132. The summed E-state index contributed by atoms with van der Waals surface area (Å²) in [7, 11) is 1.78. The van der Waals surface area contributed by atoms with E-state index in [1.54, 1.807) is 11.9 Å². The molecule has 2 unspecified atom stereocenters. The predicted molar refractivity (Wildman–Crippen MR) is 57.1 cm³/mol. The molecule has 1 aromatic carbocycles. The van der Waals surface area contributed by atoms with Gasteiger partial charge in [-0.1, -0.05) is 30.3 Å². The van der Waals surface area contributed by atoms with Crippen molar-refractivity contribution in [1.82, 2.24) is 4.90 Å². The van der Waals surface area contributed by atoms with E-state index >= 15 is 0 Å². The van der Waals surface area contributed by atoms with Crippen LogP contribution in [0.1, 0.15) is 18.1 Å². The Morgan fingerprint density at radius 2 is 2.07 bits per heavy atom. The molecule has 2 atom stereocenters. The molecule has 80 valence electrons. The first-order valence-corrected chi connectivity index (χ1v) is 5.18. The molecule has 0 radical (unpaired) electrons. The van der Waals surface area contributed by atoms with Crippen LogP contribution in [0.5, 0.6) is 0 Å². The molecule has 0 saturated carbocycles. The predicted octanol–water partition coefficient (Wildman–Crippen LogP) is 1.20. The highest BCUT2D eigenvalue weighted by atomic mass is 16.3. The van der Waals surface area contributed by atoms with Crippen LogP contribution in [-0.4, -0.2) is 29.5 Å². The highest BCUT2D eigenvalue weighted by molar-refractivity contribution is 5.81. The van der Waals surface area contributed by atoms with Gasteiger partial charge in [0.05, 0.1) is 12.0 Å². The normalized spacial score (nSPS) is 23.2. The molecule has 1 saturated heterocycles. The molecule has 1 fully saturated rings. The molecule has 1 amide bonds. The van der Waals surface area contributed by atoms with Crippen molar-refractivity contribution in [3.63, 3.8) is 0 Å². The number of hydrogen-bond acceptors (Lipinski definition) is 2. The van der Waals surface area contributed by atoms with Crippen LogP contribution >= 0.6 is 0 Å². The van der Waals surface area contributed by atoms with E-state index in [0.717, 1.165) is 18.5 Å². The van der Waals surface area contributed by atoms with Gasteiger partial charge in [0.15, 0.2) is 0 Å². The van der Waals surface area contributed by atoms with E-state index in [0.29, 0.717) is 0 Å². The number of benzene rings is 1.